The summed E-state index contributed by atoms with van der Waals surface area (Å²) in [6.45, 7) is 3.97. The fraction of sp³-hybridized carbons (Fsp3) is 0.0870. The maximum atomic E-state index is 13.0. The number of carbonyl (C=O) groups is 1. The number of aromatic amines is 1. The number of rotatable bonds is 3. The van der Waals surface area contributed by atoms with Crippen LogP contribution in [0.5, 0.6) is 0 Å². The number of fused-ring (bicyclic) bond motifs is 1. The SMILES string of the molecule is Cc1cccc(NC(=O)c2ccc3c(=O)n(-c4ccccc4)c(=S)[nH]c3c2)c1C. The fourth-order valence-electron chi connectivity index (χ4n) is 3.25. The van der Waals surface area contributed by atoms with Gasteiger partial charge in [-0.1, -0.05) is 30.3 Å². The van der Waals surface area contributed by atoms with Crippen molar-refractivity contribution in [1.29, 1.82) is 0 Å². The minimum Gasteiger partial charge on any atom is -0.331 e. The maximum absolute atomic E-state index is 13.0. The number of anilines is 1. The second-order valence-corrected chi connectivity index (χ2v) is 7.25. The number of hydrogen-bond acceptors (Lipinski definition) is 3. The van der Waals surface area contributed by atoms with Crippen molar-refractivity contribution < 1.29 is 4.79 Å². The van der Waals surface area contributed by atoms with E-state index in [2.05, 4.69) is 10.3 Å². The van der Waals surface area contributed by atoms with Gasteiger partial charge in [-0.15, -0.1) is 0 Å². The van der Waals surface area contributed by atoms with Crippen LogP contribution in [0.1, 0.15) is 21.5 Å². The van der Waals surface area contributed by atoms with Crippen LogP contribution in [0.3, 0.4) is 0 Å². The van der Waals surface area contributed by atoms with E-state index in [1.54, 1.807) is 18.2 Å². The molecule has 5 nitrogen and oxygen atoms in total. The van der Waals surface area contributed by atoms with Gasteiger partial charge in [-0.25, -0.2) is 0 Å². The van der Waals surface area contributed by atoms with Crippen molar-refractivity contribution in [3.8, 4) is 5.69 Å². The summed E-state index contributed by atoms with van der Waals surface area (Å²) in [5, 5.41) is 3.40. The number of amides is 1. The second kappa shape index (κ2) is 7.48. The molecule has 144 valence electrons. The van der Waals surface area contributed by atoms with Crippen LogP contribution in [-0.4, -0.2) is 15.5 Å². The van der Waals surface area contributed by atoms with E-state index in [0.29, 0.717) is 22.2 Å². The highest BCUT2D eigenvalue weighted by atomic mass is 32.1. The number of aromatic nitrogens is 2. The standard InChI is InChI=1S/C23H19N3O2S/c1-14-7-6-10-19(15(14)2)24-21(27)16-11-12-18-20(13-16)25-23(29)26(22(18)28)17-8-4-3-5-9-17/h3-13H,1-2H3,(H,24,27)(H,25,29). The Labute approximate surface area is 172 Å². The van der Waals surface area contributed by atoms with Gasteiger partial charge in [-0.2, -0.15) is 0 Å². The van der Waals surface area contributed by atoms with E-state index < -0.39 is 0 Å². The Morgan fingerprint density at radius 1 is 1.00 bits per heavy atom. The lowest BCUT2D eigenvalue weighted by molar-refractivity contribution is 0.102. The van der Waals surface area contributed by atoms with Gasteiger partial charge in [0.2, 0.25) is 0 Å². The molecule has 4 aromatic rings. The third-order valence-corrected chi connectivity index (χ3v) is 5.31. The van der Waals surface area contributed by atoms with Gasteiger partial charge in [0.25, 0.3) is 11.5 Å². The molecule has 0 fully saturated rings. The molecular formula is C23H19N3O2S. The normalized spacial score (nSPS) is 10.8. The summed E-state index contributed by atoms with van der Waals surface area (Å²) in [7, 11) is 0. The average molecular weight is 401 g/mol. The zero-order valence-corrected chi connectivity index (χ0v) is 16.8. The van der Waals surface area contributed by atoms with E-state index >= 15 is 0 Å². The first-order chi connectivity index (χ1) is 14.0. The average Bonchev–Trinajstić information content (AvgIpc) is 2.72. The van der Waals surface area contributed by atoms with Gasteiger partial charge >= 0.3 is 0 Å². The molecule has 0 aliphatic rings. The van der Waals surface area contributed by atoms with Crippen molar-refractivity contribution in [3.05, 3.63) is 98.5 Å². The molecule has 0 unspecified atom stereocenters. The molecule has 1 amide bonds. The van der Waals surface area contributed by atoms with E-state index in [0.717, 1.165) is 16.8 Å². The van der Waals surface area contributed by atoms with Crippen molar-refractivity contribution in [1.82, 2.24) is 9.55 Å². The number of nitrogens with zero attached hydrogens (tertiary/aromatic N) is 1. The molecule has 0 aliphatic carbocycles. The predicted molar refractivity (Wildman–Crippen MR) is 119 cm³/mol. The van der Waals surface area contributed by atoms with Gasteiger partial charge in [-0.3, -0.25) is 14.2 Å². The van der Waals surface area contributed by atoms with Crippen molar-refractivity contribution in [2.45, 2.75) is 13.8 Å². The Kier molecular flexibility index (Phi) is 4.86. The smallest absolute Gasteiger partial charge is 0.266 e. The van der Waals surface area contributed by atoms with Crippen molar-refractivity contribution in [3.63, 3.8) is 0 Å². The first-order valence-electron chi connectivity index (χ1n) is 9.18. The largest absolute Gasteiger partial charge is 0.331 e. The van der Waals surface area contributed by atoms with E-state index in [1.165, 1.54) is 4.57 Å². The number of benzene rings is 3. The van der Waals surface area contributed by atoms with Crippen LogP contribution in [-0.2, 0) is 0 Å². The first kappa shape index (κ1) is 18.8. The lowest BCUT2D eigenvalue weighted by Crippen LogP contribution is -2.21. The molecule has 0 spiro atoms. The maximum Gasteiger partial charge on any atom is 0.266 e. The molecule has 0 saturated heterocycles. The molecule has 0 atom stereocenters. The summed E-state index contributed by atoms with van der Waals surface area (Å²) in [6.07, 6.45) is 0. The van der Waals surface area contributed by atoms with Crippen LogP contribution < -0.4 is 10.9 Å². The summed E-state index contributed by atoms with van der Waals surface area (Å²) >= 11 is 5.40. The highest BCUT2D eigenvalue weighted by Gasteiger charge is 2.12. The summed E-state index contributed by atoms with van der Waals surface area (Å²) in [4.78, 5) is 28.8. The first-order valence-corrected chi connectivity index (χ1v) is 9.58. The molecule has 3 aromatic carbocycles. The minimum atomic E-state index is -0.243. The van der Waals surface area contributed by atoms with Crippen molar-refractivity contribution >= 4 is 34.7 Å². The molecular weight excluding hydrogens is 382 g/mol. The zero-order valence-electron chi connectivity index (χ0n) is 16.0. The Hall–Kier alpha value is -3.51. The van der Waals surface area contributed by atoms with Gasteiger partial charge in [0.15, 0.2) is 4.77 Å². The molecule has 1 heterocycles. The number of para-hydroxylation sites is 1. The van der Waals surface area contributed by atoms with Crippen molar-refractivity contribution in [2.24, 2.45) is 0 Å². The van der Waals surface area contributed by atoms with Gasteiger partial charge in [-0.05, 0) is 73.6 Å². The van der Waals surface area contributed by atoms with Crippen LogP contribution in [0, 0.1) is 18.6 Å². The van der Waals surface area contributed by atoms with Crippen LogP contribution >= 0.6 is 12.2 Å². The molecule has 1 aromatic heterocycles. The van der Waals surface area contributed by atoms with E-state index in [4.69, 9.17) is 12.2 Å². The van der Waals surface area contributed by atoms with Gasteiger partial charge in [0, 0.05) is 11.3 Å². The molecule has 4 rings (SSSR count). The molecule has 6 heteroatoms. The predicted octanol–water partition coefficient (Wildman–Crippen LogP) is 4.92. The highest BCUT2D eigenvalue weighted by molar-refractivity contribution is 7.71. The summed E-state index contributed by atoms with van der Waals surface area (Å²) in [5.74, 6) is -0.243. The number of aryl methyl sites for hydroxylation is 1. The molecule has 2 N–H and O–H groups in total. The molecule has 0 bridgehead atoms. The lowest BCUT2D eigenvalue weighted by Gasteiger charge is -2.11. The Morgan fingerprint density at radius 3 is 2.52 bits per heavy atom. The Morgan fingerprint density at radius 2 is 1.76 bits per heavy atom. The van der Waals surface area contributed by atoms with Crippen LogP contribution in [0.4, 0.5) is 5.69 Å². The topological polar surface area (TPSA) is 66.9 Å². The van der Waals surface area contributed by atoms with Gasteiger partial charge < -0.3 is 10.3 Å². The minimum absolute atomic E-state index is 0.226. The Balaban J connectivity index is 1.75. The van der Waals surface area contributed by atoms with Crippen LogP contribution in [0.15, 0.2) is 71.5 Å². The van der Waals surface area contributed by atoms with Crippen molar-refractivity contribution in [2.75, 3.05) is 5.32 Å². The van der Waals surface area contributed by atoms with Crippen LogP contribution in [0.25, 0.3) is 16.6 Å². The number of H-pyrrole nitrogens is 1. The number of hydrogen-bond donors (Lipinski definition) is 2. The van der Waals surface area contributed by atoms with E-state index in [1.807, 2.05) is 62.4 Å². The molecule has 0 aliphatic heterocycles. The molecule has 0 radical (unpaired) electrons. The molecule has 29 heavy (non-hydrogen) atoms. The summed E-state index contributed by atoms with van der Waals surface area (Å²) in [6, 6.07) is 19.9. The third-order valence-electron chi connectivity index (χ3n) is 5.03. The summed E-state index contributed by atoms with van der Waals surface area (Å²) in [5.41, 5.74) is 4.33. The number of carbonyl (C=O) groups excluding carboxylic acids is 1. The third kappa shape index (κ3) is 3.50. The highest BCUT2D eigenvalue weighted by Crippen LogP contribution is 2.20. The number of nitrogens with one attached hydrogen (secondary N) is 2. The van der Waals surface area contributed by atoms with Gasteiger partial charge in [0.1, 0.15) is 0 Å². The van der Waals surface area contributed by atoms with E-state index in [9.17, 15) is 9.59 Å². The Bertz CT molecular complexity index is 1350. The van der Waals surface area contributed by atoms with E-state index in [-0.39, 0.29) is 16.2 Å². The monoisotopic (exact) mass is 401 g/mol. The van der Waals surface area contributed by atoms with Gasteiger partial charge in [0.05, 0.1) is 16.6 Å². The molecule has 0 saturated carbocycles. The summed E-state index contributed by atoms with van der Waals surface area (Å²) < 4.78 is 1.73. The fourth-order valence-corrected chi connectivity index (χ4v) is 3.55. The lowest BCUT2D eigenvalue weighted by atomic mass is 10.1. The van der Waals surface area contributed by atoms with Crippen LogP contribution in [0.2, 0.25) is 0 Å². The quantitative estimate of drug-likeness (QED) is 0.479. The second-order valence-electron chi connectivity index (χ2n) is 6.87. The zero-order chi connectivity index (χ0) is 20.5.